The Labute approximate surface area is 107 Å². The third-order valence-electron chi connectivity index (χ3n) is 5.34. The molecule has 1 saturated heterocycles. The van der Waals surface area contributed by atoms with Gasteiger partial charge in [0.2, 0.25) is 5.91 Å². The topological polar surface area (TPSA) is 57.6 Å². The normalized spacial score (nSPS) is 28.3. The van der Waals surface area contributed by atoms with Crippen LogP contribution in [0.4, 0.5) is 0 Å². The summed E-state index contributed by atoms with van der Waals surface area (Å²) < 4.78 is 0. The number of piperidine rings is 1. The highest BCUT2D eigenvalue weighted by Gasteiger charge is 2.59. The summed E-state index contributed by atoms with van der Waals surface area (Å²) in [5, 5.41) is 9.16. The van der Waals surface area contributed by atoms with Crippen molar-refractivity contribution in [2.24, 2.45) is 10.8 Å². The van der Waals surface area contributed by atoms with Crippen LogP contribution < -0.4 is 0 Å². The molecule has 1 heterocycles. The summed E-state index contributed by atoms with van der Waals surface area (Å²) >= 11 is 0. The molecule has 0 aromatic rings. The molecule has 2 aliphatic carbocycles. The first-order valence-corrected chi connectivity index (χ1v) is 7.11. The summed E-state index contributed by atoms with van der Waals surface area (Å²) in [6.07, 6.45) is 8.48. The third kappa shape index (κ3) is 1.73. The third-order valence-corrected chi connectivity index (χ3v) is 5.34. The summed E-state index contributed by atoms with van der Waals surface area (Å²) in [4.78, 5) is 25.3. The molecule has 100 valence electrons. The van der Waals surface area contributed by atoms with E-state index in [0.717, 1.165) is 25.9 Å². The van der Waals surface area contributed by atoms with E-state index in [2.05, 4.69) is 0 Å². The summed E-state index contributed by atoms with van der Waals surface area (Å²) in [7, 11) is 0. The lowest BCUT2D eigenvalue weighted by atomic mass is 9.77. The van der Waals surface area contributed by atoms with Crippen LogP contribution >= 0.6 is 0 Å². The predicted octanol–water partition coefficient (Wildman–Crippen LogP) is 2.03. The minimum absolute atomic E-state index is 0.122. The fourth-order valence-corrected chi connectivity index (χ4v) is 3.76. The van der Waals surface area contributed by atoms with Gasteiger partial charge in [-0.25, -0.2) is 0 Å². The first-order chi connectivity index (χ1) is 8.58. The lowest BCUT2D eigenvalue weighted by molar-refractivity contribution is -0.154. The van der Waals surface area contributed by atoms with Gasteiger partial charge in [0, 0.05) is 13.1 Å². The van der Waals surface area contributed by atoms with Crippen LogP contribution in [-0.2, 0) is 9.59 Å². The SMILES string of the molecule is O=C(O)C1(C(=O)N2CCC3(CCCC3)CC2)CC1. The number of likely N-dealkylation sites (tertiary alicyclic amines) is 1. The van der Waals surface area contributed by atoms with Crippen molar-refractivity contribution in [1.82, 2.24) is 4.90 Å². The molecular weight excluding hydrogens is 230 g/mol. The van der Waals surface area contributed by atoms with Crippen molar-refractivity contribution in [3.8, 4) is 0 Å². The maximum atomic E-state index is 12.3. The van der Waals surface area contributed by atoms with E-state index in [0.29, 0.717) is 18.3 Å². The lowest BCUT2D eigenvalue weighted by Gasteiger charge is -2.40. The summed E-state index contributed by atoms with van der Waals surface area (Å²) in [6, 6.07) is 0. The van der Waals surface area contributed by atoms with E-state index < -0.39 is 11.4 Å². The van der Waals surface area contributed by atoms with E-state index in [1.807, 2.05) is 4.90 Å². The number of carbonyl (C=O) groups is 2. The monoisotopic (exact) mass is 251 g/mol. The van der Waals surface area contributed by atoms with Crippen molar-refractivity contribution in [2.75, 3.05) is 13.1 Å². The number of nitrogens with zero attached hydrogens (tertiary/aromatic N) is 1. The van der Waals surface area contributed by atoms with Crippen LogP contribution in [0.5, 0.6) is 0 Å². The number of carboxylic acid groups (broad SMARTS) is 1. The second-order valence-electron chi connectivity index (χ2n) is 6.39. The van der Waals surface area contributed by atoms with Crippen molar-refractivity contribution >= 4 is 11.9 Å². The van der Waals surface area contributed by atoms with Crippen LogP contribution in [0.15, 0.2) is 0 Å². The quantitative estimate of drug-likeness (QED) is 0.764. The molecule has 0 aromatic heterocycles. The Bertz CT molecular complexity index is 371. The van der Waals surface area contributed by atoms with Gasteiger partial charge in [-0.3, -0.25) is 9.59 Å². The zero-order valence-electron chi connectivity index (χ0n) is 10.8. The standard InChI is InChI=1S/C14H21NO3/c16-11(14(5-6-14)12(17)18)15-9-7-13(8-10-15)3-1-2-4-13/h1-10H2,(H,17,18). The number of carbonyl (C=O) groups excluding carboxylic acids is 1. The van der Waals surface area contributed by atoms with Gasteiger partial charge >= 0.3 is 5.97 Å². The molecule has 1 amide bonds. The predicted molar refractivity (Wildman–Crippen MR) is 66.0 cm³/mol. The number of amides is 1. The van der Waals surface area contributed by atoms with Crippen molar-refractivity contribution in [2.45, 2.75) is 51.4 Å². The smallest absolute Gasteiger partial charge is 0.319 e. The molecule has 1 spiro atoms. The van der Waals surface area contributed by atoms with Gasteiger partial charge in [0.1, 0.15) is 5.41 Å². The molecule has 1 aliphatic heterocycles. The minimum Gasteiger partial charge on any atom is -0.480 e. The van der Waals surface area contributed by atoms with Crippen molar-refractivity contribution in [3.05, 3.63) is 0 Å². The van der Waals surface area contributed by atoms with Crippen molar-refractivity contribution in [1.29, 1.82) is 0 Å². The van der Waals surface area contributed by atoms with E-state index in [4.69, 9.17) is 5.11 Å². The molecule has 1 N–H and O–H groups in total. The van der Waals surface area contributed by atoms with Crippen LogP contribution in [-0.4, -0.2) is 35.0 Å². The Hall–Kier alpha value is -1.06. The fraction of sp³-hybridized carbons (Fsp3) is 0.857. The Balaban J connectivity index is 1.63. The van der Waals surface area contributed by atoms with Gasteiger partial charge in [-0.15, -0.1) is 0 Å². The minimum atomic E-state index is -1.04. The summed E-state index contributed by atoms with van der Waals surface area (Å²) in [6.45, 7) is 1.54. The molecule has 4 heteroatoms. The van der Waals surface area contributed by atoms with Crippen LogP contribution in [0.1, 0.15) is 51.4 Å². The highest BCUT2D eigenvalue weighted by Crippen LogP contribution is 2.50. The molecule has 4 nitrogen and oxygen atoms in total. The van der Waals surface area contributed by atoms with Gasteiger partial charge < -0.3 is 10.0 Å². The van der Waals surface area contributed by atoms with Crippen LogP contribution in [0.25, 0.3) is 0 Å². The van der Waals surface area contributed by atoms with Gasteiger partial charge in [-0.2, -0.15) is 0 Å². The van der Waals surface area contributed by atoms with Crippen LogP contribution in [0, 0.1) is 10.8 Å². The number of aliphatic carboxylic acids is 1. The zero-order valence-corrected chi connectivity index (χ0v) is 10.8. The largest absolute Gasteiger partial charge is 0.480 e. The summed E-state index contributed by atoms with van der Waals surface area (Å²) in [5.74, 6) is -1.04. The van der Waals surface area contributed by atoms with Crippen molar-refractivity contribution < 1.29 is 14.7 Å². The molecule has 0 atom stereocenters. The average Bonchev–Trinajstić information content (AvgIpc) is 3.07. The maximum Gasteiger partial charge on any atom is 0.319 e. The van der Waals surface area contributed by atoms with Gasteiger partial charge in [-0.05, 0) is 43.9 Å². The number of rotatable bonds is 2. The van der Waals surface area contributed by atoms with E-state index in [1.165, 1.54) is 25.7 Å². The number of hydrogen-bond donors (Lipinski definition) is 1. The molecule has 3 fully saturated rings. The van der Waals surface area contributed by atoms with Crippen molar-refractivity contribution in [3.63, 3.8) is 0 Å². The van der Waals surface area contributed by atoms with Crippen LogP contribution in [0.3, 0.4) is 0 Å². The molecule has 3 aliphatic rings. The first-order valence-electron chi connectivity index (χ1n) is 7.11. The molecule has 18 heavy (non-hydrogen) atoms. The molecular formula is C14H21NO3. The average molecular weight is 251 g/mol. The maximum absolute atomic E-state index is 12.3. The first kappa shape index (κ1) is 12.0. The van der Waals surface area contributed by atoms with E-state index >= 15 is 0 Å². The molecule has 0 bridgehead atoms. The van der Waals surface area contributed by atoms with Gasteiger partial charge in [0.25, 0.3) is 0 Å². The Kier molecular flexibility index (Phi) is 2.65. The Morgan fingerprint density at radius 1 is 0.889 bits per heavy atom. The molecule has 3 rings (SSSR count). The van der Waals surface area contributed by atoms with Gasteiger partial charge in [0.05, 0.1) is 0 Å². The summed E-state index contributed by atoms with van der Waals surface area (Å²) in [5.41, 5.74) is -0.559. The number of hydrogen-bond acceptors (Lipinski definition) is 2. The second kappa shape index (κ2) is 3.97. The van der Waals surface area contributed by atoms with Gasteiger partial charge in [-0.1, -0.05) is 12.8 Å². The highest BCUT2D eigenvalue weighted by atomic mass is 16.4. The number of carboxylic acids is 1. The molecule has 0 unspecified atom stereocenters. The zero-order chi connectivity index (χ0) is 12.8. The Morgan fingerprint density at radius 2 is 1.44 bits per heavy atom. The molecule has 0 aromatic carbocycles. The second-order valence-corrected chi connectivity index (χ2v) is 6.39. The van der Waals surface area contributed by atoms with Gasteiger partial charge in [0.15, 0.2) is 0 Å². The fourth-order valence-electron chi connectivity index (χ4n) is 3.76. The van der Waals surface area contributed by atoms with E-state index in [9.17, 15) is 9.59 Å². The highest BCUT2D eigenvalue weighted by molar-refractivity contribution is 6.04. The van der Waals surface area contributed by atoms with E-state index in [1.54, 1.807) is 0 Å². The Morgan fingerprint density at radius 3 is 1.89 bits per heavy atom. The van der Waals surface area contributed by atoms with E-state index in [-0.39, 0.29) is 5.91 Å². The molecule has 2 saturated carbocycles. The van der Waals surface area contributed by atoms with Crippen LogP contribution in [0.2, 0.25) is 0 Å². The lowest BCUT2D eigenvalue weighted by Crippen LogP contribution is -2.47. The molecule has 0 radical (unpaired) electrons.